The van der Waals surface area contributed by atoms with Gasteiger partial charge >= 0.3 is 0 Å². The Morgan fingerprint density at radius 1 is 1.57 bits per heavy atom. The topological polar surface area (TPSA) is 60.2 Å². The number of hydrogen-bond acceptors (Lipinski definition) is 3. The minimum atomic E-state index is -2.98. The van der Waals surface area contributed by atoms with Gasteiger partial charge in [-0.05, 0) is 0 Å². The second-order valence-corrected chi connectivity index (χ2v) is 3.09. The molecule has 3 nitrogen and oxygen atoms in total. The van der Waals surface area contributed by atoms with Crippen LogP contribution < -0.4 is 5.73 Å². The highest BCUT2D eigenvalue weighted by Gasteiger charge is 1.87. The van der Waals surface area contributed by atoms with Gasteiger partial charge in [0.2, 0.25) is 0 Å². The monoisotopic (exact) mass is 121 g/mol. The van der Waals surface area contributed by atoms with E-state index in [0.717, 1.165) is 17.9 Å². The van der Waals surface area contributed by atoms with Gasteiger partial charge < -0.3 is 5.73 Å². The van der Waals surface area contributed by atoms with Crippen molar-refractivity contribution in [1.29, 1.82) is 0 Å². The normalized spacial score (nSPS) is 12.7. The highest BCUT2D eigenvalue weighted by molar-refractivity contribution is 7.93. The Morgan fingerprint density at radius 2 is 2.00 bits per heavy atom. The molecule has 2 N–H and O–H groups in total. The molecule has 0 fully saturated rings. The van der Waals surface area contributed by atoms with Crippen LogP contribution in [0.2, 0.25) is 0 Å². The average molecular weight is 121 g/mol. The van der Waals surface area contributed by atoms with Crippen molar-refractivity contribution >= 4 is 9.84 Å². The van der Waals surface area contributed by atoms with Crippen LogP contribution in [0.3, 0.4) is 0 Å². The Balaban J connectivity index is 4.13. The van der Waals surface area contributed by atoms with Crippen molar-refractivity contribution in [3.63, 3.8) is 0 Å². The van der Waals surface area contributed by atoms with Crippen LogP contribution in [0, 0.1) is 0 Å². The zero-order valence-corrected chi connectivity index (χ0v) is 4.77. The minimum Gasteiger partial charge on any atom is -0.404 e. The Kier molecular flexibility index (Phi) is 1.83. The van der Waals surface area contributed by atoms with Gasteiger partial charge in [-0.2, -0.15) is 0 Å². The molecule has 0 saturated carbocycles. The van der Waals surface area contributed by atoms with Gasteiger partial charge in [-0.25, -0.2) is 8.42 Å². The van der Waals surface area contributed by atoms with Crippen LogP contribution in [-0.2, 0) is 9.84 Å². The lowest BCUT2D eigenvalue weighted by molar-refractivity contribution is 0.610. The van der Waals surface area contributed by atoms with Crippen LogP contribution in [0.1, 0.15) is 0 Å². The van der Waals surface area contributed by atoms with E-state index < -0.39 is 9.84 Å². The molecule has 0 rings (SSSR count). The van der Waals surface area contributed by atoms with Gasteiger partial charge in [0, 0.05) is 17.9 Å². The van der Waals surface area contributed by atoms with E-state index in [9.17, 15) is 8.42 Å². The Labute approximate surface area is 42.7 Å². The molecule has 0 unspecified atom stereocenters. The third-order valence-corrected chi connectivity index (χ3v) is 0.977. The lowest BCUT2D eigenvalue weighted by Gasteiger charge is -1.77. The van der Waals surface area contributed by atoms with E-state index in [-0.39, 0.29) is 0 Å². The van der Waals surface area contributed by atoms with Crippen LogP contribution in [0.5, 0.6) is 0 Å². The van der Waals surface area contributed by atoms with Crippen LogP contribution in [-0.4, -0.2) is 14.7 Å². The number of sulfone groups is 1. The summed E-state index contributed by atoms with van der Waals surface area (Å²) in [6.45, 7) is 0. The van der Waals surface area contributed by atoms with Crippen molar-refractivity contribution in [2.24, 2.45) is 5.73 Å². The third kappa shape index (κ3) is 5.49. The minimum absolute atomic E-state index is 0.938. The maximum atomic E-state index is 10.1. The first-order valence-electron chi connectivity index (χ1n) is 1.64. The molecule has 0 aliphatic heterocycles. The third-order valence-electron chi connectivity index (χ3n) is 0.326. The summed E-state index contributed by atoms with van der Waals surface area (Å²) in [6.07, 6.45) is 2.08. The van der Waals surface area contributed by atoms with E-state index in [1.165, 1.54) is 0 Å². The fourth-order valence-corrected chi connectivity index (χ4v) is 0.428. The molecule has 7 heavy (non-hydrogen) atoms. The first-order valence-corrected chi connectivity index (χ1v) is 3.60. The van der Waals surface area contributed by atoms with Gasteiger partial charge in [0.25, 0.3) is 0 Å². The van der Waals surface area contributed by atoms with Gasteiger partial charge in [-0.1, -0.05) is 0 Å². The van der Waals surface area contributed by atoms with Crippen molar-refractivity contribution in [3.8, 4) is 0 Å². The fraction of sp³-hybridized carbons (Fsp3) is 0.333. The van der Waals surface area contributed by atoms with E-state index in [1.54, 1.807) is 0 Å². The largest absolute Gasteiger partial charge is 0.404 e. The lowest BCUT2D eigenvalue weighted by Crippen LogP contribution is -1.90. The maximum absolute atomic E-state index is 10.1. The summed E-state index contributed by atoms with van der Waals surface area (Å²) in [7, 11) is -2.98. The molecule has 0 aromatic rings. The molecule has 0 aromatic heterocycles. The summed E-state index contributed by atoms with van der Waals surface area (Å²) >= 11 is 0. The molecule has 0 radical (unpaired) electrons. The van der Waals surface area contributed by atoms with E-state index >= 15 is 0 Å². The molecule has 0 aliphatic rings. The van der Waals surface area contributed by atoms with Crippen LogP contribution in [0.25, 0.3) is 0 Å². The summed E-state index contributed by atoms with van der Waals surface area (Å²) in [6, 6.07) is 0. The highest BCUT2D eigenvalue weighted by atomic mass is 32.2. The molecule has 0 aliphatic carbocycles. The van der Waals surface area contributed by atoms with E-state index in [1.807, 2.05) is 0 Å². The number of rotatable bonds is 1. The van der Waals surface area contributed by atoms with E-state index in [0.29, 0.717) is 0 Å². The van der Waals surface area contributed by atoms with Gasteiger partial charge in [0.1, 0.15) is 0 Å². The summed E-state index contributed by atoms with van der Waals surface area (Å²) in [5.74, 6) is 0. The van der Waals surface area contributed by atoms with E-state index in [2.05, 4.69) is 0 Å². The Bertz CT molecular complexity index is 156. The van der Waals surface area contributed by atoms with Crippen molar-refractivity contribution < 1.29 is 8.42 Å². The van der Waals surface area contributed by atoms with Crippen molar-refractivity contribution in [2.75, 3.05) is 6.26 Å². The van der Waals surface area contributed by atoms with Crippen molar-refractivity contribution in [3.05, 3.63) is 11.6 Å². The van der Waals surface area contributed by atoms with Gasteiger partial charge in [-0.3, -0.25) is 0 Å². The first-order chi connectivity index (χ1) is 3.06. The smallest absolute Gasteiger partial charge is 0.170 e. The van der Waals surface area contributed by atoms with Gasteiger partial charge in [-0.15, -0.1) is 0 Å². The van der Waals surface area contributed by atoms with Crippen LogP contribution in [0.4, 0.5) is 0 Å². The molecule has 0 heterocycles. The number of nitrogens with two attached hydrogens (primary N) is 1. The molecule has 0 atom stereocenters. The summed E-state index contributed by atoms with van der Waals surface area (Å²) in [4.78, 5) is 0. The molecule has 0 spiro atoms. The van der Waals surface area contributed by atoms with Crippen molar-refractivity contribution in [1.82, 2.24) is 0 Å². The molecule has 0 saturated heterocycles. The SMILES string of the molecule is CS(=O)(=O)/C=C\N. The fourth-order valence-electron chi connectivity index (χ4n) is 0.143. The van der Waals surface area contributed by atoms with Crippen LogP contribution in [0.15, 0.2) is 11.6 Å². The molecular formula is C3H7NO2S. The van der Waals surface area contributed by atoms with E-state index in [4.69, 9.17) is 5.73 Å². The van der Waals surface area contributed by atoms with Gasteiger partial charge in [0.05, 0.1) is 0 Å². The quantitative estimate of drug-likeness (QED) is 0.507. The maximum Gasteiger partial charge on any atom is 0.170 e. The molecule has 0 amide bonds. The second-order valence-electron chi connectivity index (χ2n) is 1.16. The molecule has 0 aromatic carbocycles. The zero-order valence-electron chi connectivity index (χ0n) is 3.96. The first kappa shape index (κ1) is 6.49. The van der Waals surface area contributed by atoms with Gasteiger partial charge in [0.15, 0.2) is 9.84 Å². The average Bonchev–Trinajstić information content (AvgIpc) is 1.30. The molecule has 0 bridgehead atoms. The number of hydrogen-bond donors (Lipinski definition) is 1. The molecule has 42 valence electrons. The second kappa shape index (κ2) is 1.97. The summed E-state index contributed by atoms with van der Waals surface area (Å²) < 4.78 is 20.1. The van der Waals surface area contributed by atoms with Crippen molar-refractivity contribution in [2.45, 2.75) is 0 Å². The predicted molar refractivity (Wildman–Crippen MR) is 28.2 cm³/mol. The highest BCUT2D eigenvalue weighted by Crippen LogP contribution is 1.79. The van der Waals surface area contributed by atoms with Crippen LogP contribution >= 0.6 is 0 Å². The zero-order chi connectivity index (χ0) is 5.91. The lowest BCUT2D eigenvalue weighted by atomic mass is 11.1. The summed E-state index contributed by atoms with van der Waals surface area (Å²) in [5.41, 5.74) is 4.75. The Morgan fingerprint density at radius 3 is 2.00 bits per heavy atom. The predicted octanol–water partition coefficient (Wildman–Crippen LogP) is -0.539. The Hall–Kier alpha value is -0.510. The molecular weight excluding hydrogens is 114 g/mol. The standard InChI is InChI=1S/C3H7NO2S/c1-7(5,6)3-2-4/h2-3H,4H2,1H3/b3-2-. The summed E-state index contributed by atoms with van der Waals surface area (Å²) in [5, 5.41) is 0.938. The molecule has 4 heteroatoms.